The summed E-state index contributed by atoms with van der Waals surface area (Å²) in [5, 5.41) is 1.13. The molecule has 0 saturated carbocycles. The molecular weight excluding hydrogens is 521 g/mol. The standard InChI is InChI=1S/C30H25Cl2N3O3/c1-18-10-12-22(15-19(18)2)35-28(33-27-9-5-4-8-24(27)30(35)37)20(3)34(17-23-7-6-14-38-23)29(36)21-11-13-25(31)26(32)16-21/h4-16,20H,17H2,1-3H3. The molecule has 0 N–H and O–H groups in total. The maximum Gasteiger partial charge on any atom is 0.266 e. The summed E-state index contributed by atoms with van der Waals surface area (Å²) >= 11 is 12.3. The Hall–Kier alpha value is -3.87. The topological polar surface area (TPSA) is 68.3 Å². The molecule has 38 heavy (non-hydrogen) atoms. The van der Waals surface area contributed by atoms with Gasteiger partial charge < -0.3 is 9.32 Å². The van der Waals surface area contributed by atoms with Crippen molar-refractivity contribution in [2.24, 2.45) is 0 Å². The van der Waals surface area contributed by atoms with Crippen LogP contribution in [0.25, 0.3) is 16.6 Å². The van der Waals surface area contributed by atoms with Crippen molar-refractivity contribution in [3.8, 4) is 5.69 Å². The largest absolute Gasteiger partial charge is 0.467 e. The van der Waals surface area contributed by atoms with E-state index in [0.717, 1.165) is 11.1 Å². The summed E-state index contributed by atoms with van der Waals surface area (Å²) in [6, 6.07) is 20.7. The van der Waals surface area contributed by atoms with Gasteiger partial charge in [0.25, 0.3) is 11.5 Å². The first-order chi connectivity index (χ1) is 18.2. The Labute approximate surface area is 230 Å². The van der Waals surface area contributed by atoms with Crippen molar-refractivity contribution in [2.45, 2.75) is 33.4 Å². The Balaban J connectivity index is 1.71. The van der Waals surface area contributed by atoms with Crippen LogP contribution in [0.15, 0.2) is 88.3 Å². The lowest BCUT2D eigenvalue weighted by atomic mass is 10.1. The van der Waals surface area contributed by atoms with Crippen LogP contribution in [-0.4, -0.2) is 20.4 Å². The Morgan fingerprint density at radius 1 is 0.974 bits per heavy atom. The molecule has 1 unspecified atom stereocenters. The monoisotopic (exact) mass is 545 g/mol. The first-order valence-corrected chi connectivity index (χ1v) is 12.9. The van der Waals surface area contributed by atoms with Crippen LogP contribution in [0.4, 0.5) is 0 Å². The number of hydrogen-bond acceptors (Lipinski definition) is 4. The van der Waals surface area contributed by atoms with Gasteiger partial charge in [-0.15, -0.1) is 0 Å². The van der Waals surface area contributed by atoms with Crippen molar-refractivity contribution in [2.75, 3.05) is 0 Å². The highest BCUT2D eigenvalue weighted by Gasteiger charge is 2.29. The minimum Gasteiger partial charge on any atom is -0.467 e. The predicted octanol–water partition coefficient (Wildman–Crippen LogP) is 7.31. The second-order valence-electron chi connectivity index (χ2n) is 9.21. The summed E-state index contributed by atoms with van der Waals surface area (Å²) in [7, 11) is 0. The lowest BCUT2D eigenvalue weighted by molar-refractivity contribution is 0.0648. The van der Waals surface area contributed by atoms with Gasteiger partial charge in [-0.05, 0) is 86.5 Å². The highest BCUT2D eigenvalue weighted by Crippen LogP contribution is 2.29. The van der Waals surface area contributed by atoms with Crippen LogP contribution < -0.4 is 5.56 Å². The Morgan fingerprint density at radius 2 is 1.76 bits per heavy atom. The lowest BCUT2D eigenvalue weighted by Crippen LogP contribution is -2.37. The summed E-state index contributed by atoms with van der Waals surface area (Å²) < 4.78 is 7.18. The van der Waals surface area contributed by atoms with Gasteiger partial charge in [-0.1, -0.05) is 41.4 Å². The van der Waals surface area contributed by atoms with Gasteiger partial charge in [0.1, 0.15) is 11.6 Å². The maximum atomic E-state index is 13.9. The average Bonchev–Trinajstić information content (AvgIpc) is 3.43. The molecule has 1 atom stereocenters. The van der Waals surface area contributed by atoms with Gasteiger partial charge >= 0.3 is 0 Å². The van der Waals surface area contributed by atoms with Crippen molar-refractivity contribution >= 4 is 40.0 Å². The number of carbonyl (C=O) groups is 1. The van der Waals surface area contributed by atoms with Crippen LogP contribution in [0.1, 0.15) is 46.0 Å². The molecule has 2 aromatic heterocycles. The van der Waals surface area contributed by atoms with Gasteiger partial charge in [0, 0.05) is 5.56 Å². The zero-order chi connectivity index (χ0) is 27.0. The zero-order valence-corrected chi connectivity index (χ0v) is 22.6. The third kappa shape index (κ3) is 4.85. The quantitative estimate of drug-likeness (QED) is 0.224. The van der Waals surface area contributed by atoms with Crippen molar-refractivity contribution in [3.05, 3.63) is 128 Å². The molecule has 1 amide bonds. The molecular formula is C30H25Cl2N3O3. The van der Waals surface area contributed by atoms with Crippen LogP contribution in [0, 0.1) is 13.8 Å². The van der Waals surface area contributed by atoms with E-state index in [1.807, 2.05) is 51.1 Å². The molecule has 192 valence electrons. The van der Waals surface area contributed by atoms with Crippen molar-refractivity contribution < 1.29 is 9.21 Å². The SMILES string of the molecule is Cc1ccc(-n2c(C(C)N(Cc3ccco3)C(=O)c3ccc(Cl)c(Cl)c3)nc3ccccc3c2=O)cc1C. The molecule has 0 aliphatic heterocycles. The number of aryl methyl sites for hydroxylation is 2. The van der Waals surface area contributed by atoms with Gasteiger partial charge in [0.05, 0.1) is 45.5 Å². The van der Waals surface area contributed by atoms with E-state index in [9.17, 15) is 9.59 Å². The number of nitrogens with zero attached hydrogens (tertiary/aromatic N) is 3. The molecule has 0 spiro atoms. The summed E-state index contributed by atoms with van der Waals surface area (Å²) in [4.78, 5) is 34.3. The van der Waals surface area contributed by atoms with E-state index in [-0.39, 0.29) is 23.0 Å². The van der Waals surface area contributed by atoms with E-state index in [0.29, 0.717) is 38.8 Å². The Bertz CT molecular complexity index is 1710. The summed E-state index contributed by atoms with van der Waals surface area (Å²) in [6.45, 7) is 6.03. The molecule has 0 bridgehead atoms. The maximum absolute atomic E-state index is 13.9. The number of furan rings is 1. The first kappa shape index (κ1) is 25.8. The summed E-state index contributed by atoms with van der Waals surface area (Å²) in [5.74, 6) is 0.713. The number of halogens is 2. The van der Waals surface area contributed by atoms with E-state index in [4.69, 9.17) is 32.6 Å². The number of rotatable bonds is 6. The van der Waals surface area contributed by atoms with E-state index < -0.39 is 6.04 Å². The number of para-hydroxylation sites is 1. The average molecular weight is 546 g/mol. The second-order valence-corrected chi connectivity index (χ2v) is 10.0. The van der Waals surface area contributed by atoms with E-state index >= 15 is 0 Å². The van der Waals surface area contributed by atoms with Gasteiger partial charge in [-0.25, -0.2) is 4.98 Å². The normalized spacial score (nSPS) is 12.0. The van der Waals surface area contributed by atoms with E-state index in [2.05, 4.69) is 0 Å². The molecule has 6 nitrogen and oxygen atoms in total. The van der Waals surface area contributed by atoms with Gasteiger partial charge in [0.2, 0.25) is 0 Å². The smallest absolute Gasteiger partial charge is 0.266 e. The van der Waals surface area contributed by atoms with Crippen LogP contribution in [0.3, 0.4) is 0 Å². The Kier molecular flexibility index (Phi) is 7.11. The third-order valence-electron chi connectivity index (χ3n) is 6.73. The van der Waals surface area contributed by atoms with Crippen molar-refractivity contribution in [1.82, 2.24) is 14.5 Å². The first-order valence-electron chi connectivity index (χ1n) is 12.1. The molecule has 8 heteroatoms. The molecule has 0 aliphatic carbocycles. The van der Waals surface area contributed by atoms with E-state index in [1.165, 1.54) is 6.07 Å². The number of carbonyl (C=O) groups excluding carboxylic acids is 1. The minimum atomic E-state index is -0.624. The summed E-state index contributed by atoms with van der Waals surface area (Å²) in [5.41, 5.74) is 3.54. The fourth-order valence-electron chi connectivity index (χ4n) is 4.43. The molecule has 5 aromatic rings. The van der Waals surface area contributed by atoms with Crippen molar-refractivity contribution in [1.29, 1.82) is 0 Å². The van der Waals surface area contributed by atoms with Crippen LogP contribution in [0.2, 0.25) is 10.0 Å². The summed E-state index contributed by atoms with van der Waals surface area (Å²) in [6.07, 6.45) is 1.56. The number of benzene rings is 3. The Morgan fingerprint density at radius 3 is 2.47 bits per heavy atom. The van der Waals surface area contributed by atoms with E-state index in [1.54, 1.807) is 52.1 Å². The van der Waals surface area contributed by atoms with Crippen molar-refractivity contribution in [3.63, 3.8) is 0 Å². The molecule has 5 rings (SSSR count). The highest BCUT2D eigenvalue weighted by atomic mass is 35.5. The van der Waals surface area contributed by atoms with Crippen LogP contribution in [-0.2, 0) is 6.54 Å². The number of amides is 1. The molecule has 2 heterocycles. The van der Waals surface area contributed by atoms with Crippen LogP contribution in [0.5, 0.6) is 0 Å². The van der Waals surface area contributed by atoms with Gasteiger partial charge in [-0.3, -0.25) is 14.2 Å². The number of hydrogen-bond donors (Lipinski definition) is 0. The second kappa shape index (κ2) is 10.5. The number of aromatic nitrogens is 2. The van der Waals surface area contributed by atoms with Crippen LogP contribution >= 0.6 is 23.2 Å². The molecule has 3 aromatic carbocycles. The molecule has 0 saturated heterocycles. The van der Waals surface area contributed by atoms with Gasteiger partial charge in [0.15, 0.2) is 0 Å². The lowest BCUT2D eigenvalue weighted by Gasteiger charge is -2.30. The molecule has 0 fully saturated rings. The minimum absolute atomic E-state index is 0.156. The fraction of sp³-hybridized carbons (Fsp3) is 0.167. The highest BCUT2D eigenvalue weighted by molar-refractivity contribution is 6.42. The third-order valence-corrected chi connectivity index (χ3v) is 7.46. The molecule has 0 aliphatic rings. The van der Waals surface area contributed by atoms with Gasteiger partial charge in [-0.2, -0.15) is 0 Å². The fourth-order valence-corrected chi connectivity index (χ4v) is 4.73. The number of fused-ring (bicyclic) bond motifs is 1. The predicted molar refractivity (Wildman–Crippen MR) is 150 cm³/mol. The molecule has 0 radical (unpaired) electrons. The zero-order valence-electron chi connectivity index (χ0n) is 21.1.